The SMILES string of the molecule is CC(=O)C[C@H](O)CC(N)c1ccc(O)c(F)c1. The number of benzene rings is 1. The highest BCUT2D eigenvalue weighted by molar-refractivity contribution is 5.75. The van der Waals surface area contributed by atoms with Gasteiger partial charge in [-0.15, -0.1) is 0 Å². The van der Waals surface area contributed by atoms with E-state index in [1.165, 1.54) is 19.1 Å². The molecular weight excluding hydrogens is 225 g/mol. The fourth-order valence-corrected chi connectivity index (χ4v) is 1.60. The molecule has 1 unspecified atom stereocenters. The number of aliphatic hydroxyl groups is 1. The van der Waals surface area contributed by atoms with Crippen molar-refractivity contribution >= 4 is 5.78 Å². The molecule has 0 bridgehead atoms. The first-order valence-electron chi connectivity index (χ1n) is 5.31. The van der Waals surface area contributed by atoms with E-state index in [0.717, 1.165) is 6.07 Å². The van der Waals surface area contributed by atoms with Gasteiger partial charge in [0.05, 0.1) is 6.10 Å². The van der Waals surface area contributed by atoms with Crippen molar-refractivity contribution in [2.24, 2.45) is 5.73 Å². The van der Waals surface area contributed by atoms with Crippen molar-refractivity contribution in [3.8, 4) is 5.75 Å². The number of nitrogens with two attached hydrogens (primary N) is 1. The summed E-state index contributed by atoms with van der Waals surface area (Å²) in [7, 11) is 0. The highest BCUT2D eigenvalue weighted by Gasteiger charge is 2.15. The van der Waals surface area contributed by atoms with Gasteiger partial charge in [0.1, 0.15) is 5.78 Å². The third kappa shape index (κ3) is 4.13. The van der Waals surface area contributed by atoms with Crippen LogP contribution in [-0.4, -0.2) is 22.1 Å². The number of phenolic OH excluding ortho intramolecular Hbond substituents is 1. The lowest BCUT2D eigenvalue weighted by molar-refractivity contribution is -0.118. The Bertz CT molecular complexity index is 409. The Morgan fingerprint density at radius 3 is 2.71 bits per heavy atom. The van der Waals surface area contributed by atoms with Gasteiger partial charge in [-0.1, -0.05) is 6.07 Å². The molecule has 5 heteroatoms. The number of aromatic hydroxyl groups is 1. The molecule has 0 aromatic heterocycles. The first-order valence-corrected chi connectivity index (χ1v) is 5.31. The molecule has 0 aliphatic rings. The summed E-state index contributed by atoms with van der Waals surface area (Å²) in [5.41, 5.74) is 6.25. The Balaban J connectivity index is 2.66. The van der Waals surface area contributed by atoms with Gasteiger partial charge >= 0.3 is 0 Å². The standard InChI is InChI=1S/C12H16FNO3/c1-7(15)4-9(16)6-11(14)8-2-3-12(17)10(13)5-8/h2-3,5,9,11,16-17H,4,6,14H2,1H3/t9-,11?/m0/s1. The zero-order valence-corrected chi connectivity index (χ0v) is 9.56. The molecule has 1 aromatic rings. The van der Waals surface area contributed by atoms with Crippen LogP contribution in [0.2, 0.25) is 0 Å². The third-order valence-electron chi connectivity index (χ3n) is 2.45. The van der Waals surface area contributed by atoms with Gasteiger partial charge in [0.25, 0.3) is 0 Å². The van der Waals surface area contributed by atoms with Gasteiger partial charge in [-0.25, -0.2) is 4.39 Å². The van der Waals surface area contributed by atoms with Gasteiger partial charge < -0.3 is 15.9 Å². The van der Waals surface area contributed by atoms with Gasteiger partial charge in [0, 0.05) is 12.5 Å². The molecule has 94 valence electrons. The molecule has 0 radical (unpaired) electrons. The van der Waals surface area contributed by atoms with Crippen molar-refractivity contribution in [1.29, 1.82) is 0 Å². The number of rotatable bonds is 5. The molecule has 4 nitrogen and oxygen atoms in total. The molecule has 0 saturated carbocycles. The summed E-state index contributed by atoms with van der Waals surface area (Å²) in [4.78, 5) is 10.8. The van der Waals surface area contributed by atoms with E-state index in [9.17, 15) is 14.3 Å². The van der Waals surface area contributed by atoms with Gasteiger partial charge in [-0.3, -0.25) is 4.79 Å². The van der Waals surface area contributed by atoms with Crippen LogP contribution >= 0.6 is 0 Å². The Morgan fingerprint density at radius 1 is 1.53 bits per heavy atom. The molecule has 17 heavy (non-hydrogen) atoms. The second-order valence-corrected chi connectivity index (χ2v) is 4.11. The summed E-state index contributed by atoms with van der Waals surface area (Å²) >= 11 is 0. The zero-order valence-electron chi connectivity index (χ0n) is 9.56. The number of ketones is 1. The van der Waals surface area contributed by atoms with E-state index in [0.29, 0.717) is 5.56 Å². The van der Waals surface area contributed by atoms with Crippen LogP contribution in [0.25, 0.3) is 0 Å². The lowest BCUT2D eigenvalue weighted by Gasteiger charge is -2.16. The van der Waals surface area contributed by atoms with Crippen LogP contribution in [0.4, 0.5) is 4.39 Å². The molecule has 0 aliphatic heterocycles. The van der Waals surface area contributed by atoms with Crippen molar-refractivity contribution in [1.82, 2.24) is 0 Å². The predicted molar refractivity (Wildman–Crippen MR) is 60.9 cm³/mol. The average Bonchev–Trinajstić information content (AvgIpc) is 2.20. The minimum absolute atomic E-state index is 0.0360. The molecule has 2 atom stereocenters. The van der Waals surface area contributed by atoms with Gasteiger partial charge in [0.15, 0.2) is 11.6 Å². The van der Waals surface area contributed by atoms with Crippen LogP contribution in [0.15, 0.2) is 18.2 Å². The maximum atomic E-state index is 13.1. The number of aliphatic hydroxyl groups excluding tert-OH is 1. The number of carbonyl (C=O) groups excluding carboxylic acids is 1. The third-order valence-corrected chi connectivity index (χ3v) is 2.45. The van der Waals surface area contributed by atoms with E-state index in [1.807, 2.05) is 0 Å². The topological polar surface area (TPSA) is 83.5 Å². The van der Waals surface area contributed by atoms with Crippen LogP contribution in [-0.2, 0) is 4.79 Å². The average molecular weight is 241 g/mol. The maximum Gasteiger partial charge on any atom is 0.165 e. The van der Waals surface area contributed by atoms with Crippen LogP contribution in [0, 0.1) is 5.82 Å². The van der Waals surface area contributed by atoms with Crippen molar-refractivity contribution in [3.63, 3.8) is 0 Å². The minimum Gasteiger partial charge on any atom is -0.505 e. The molecule has 4 N–H and O–H groups in total. The van der Waals surface area contributed by atoms with E-state index < -0.39 is 23.7 Å². The first kappa shape index (κ1) is 13.6. The highest BCUT2D eigenvalue weighted by Crippen LogP contribution is 2.22. The Kier molecular flexibility index (Phi) is 4.60. The van der Waals surface area contributed by atoms with Crippen LogP contribution in [0.3, 0.4) is 0 Å². The van der Waals surface area contributed by atoms with Crippen LogP contribution in [0.1, 0.15) is 31.4 Å². The van der Waals surface area contributed by atoms with Gasteiger partial charge in [0.2, 0.25) is 0 Å². The van der Waals surface area contributed by atoms with Crippen molar-refractivity contribution in [2.45, 2.75) is 31.9 Å². The lowest BCUT2D eigenvalue weighted by Crippen LogP contribution is -2.20. The van der Waals surface area contributed by atoms with Crippen molar-refractivity contribution in [2.75, 3.05) is 0 Å². The maximum absolute atomic E-state index is 13.1. The Morgan fingerprint density at radius 2 is 2.18 bits per heavy atom. The largest absolute Gasteiger partial charge is 0.505 e. The molecule has 1 rings (SSSR count). The second kappa shape index (κ2) is 5.75. The van der Waals surface area contributed by atoms with E-state index in [4.69, 9.17) is 10.8 Å². The number of phenols is 1. The van der Waals surface area contributed by atoms with Crippen LogP contribution in [0.5, 0.6) is 5.75 Å². The first-order chi connectivity index (χ1) is 7.90. The summed E-state index contributed by atoms with van der Waals surface area (Å²) in [6.45, 7) is 1.38. The number of Topliss-reactive ketones (excluding diaryl/α,β-unsaturated/α-hetero) is 1. The van der Waals surface area contributed by atoms with Gasteiger partial charge in [-0.05, 0) is 31.0 Å². The fraction of sp³-hybridized carbons (Fsp3) is 0.417. The summed E-state index contributed by atoms with van der Waals surface area (Å²) in [5, 5.41) is 18.5. The molecule has 1 aromatic carbocycles. The summed E-state index contributed by atoms with van der Waals surface area (Å²) in [5.74, 6) is -1.31. The van der Waals surface area contributed by atoms with E-state index in [1.54, 1.807) is 0 Å². The fourth-order valence-electron chi connectivity index (χ4n) is 1.60. The second-order valence-electron chi connectivity index (χ2n) is 4.11. The van der Waals surface area contributed by atoms with Gasteiger partial charge in [-0.2, -0.15) is 0 Å². The quantitative estimate of drug-likeness (QED) is 0.724. The number of hydrogen-bond donors (Lipinski definition) is 3. The molecule has 0 aliphatic carbocycles. The highest BCUT2D eigenvalue weighted by atomic mass is 19.1. The van der Waals surface area contributed by atoms with Crippen molar-refractivity contribution < 1.29 is 19.4 Å². The molecule has 0 spiro atoms. The molecule has 0 heterocycles. The summed E-state index contributed by atoms with van der Waals surface area (Å²) in [6, 6.07) is 3.26. The van der Waals surface area contributed by atoms with E-state index in [2.05, 4.69) is 0 Å². The predicted octanol–water partition coefficient (Wildman–Crippen LogP) is 1.26. The summed E-state index contributed by atoms with van der Waals surface area (Å²) < 4.78 is 13.1. The number of carbonyl (C=O) groups is 1. The number of hydrogen-bond acceptors (Lipinski definition) is 4. The Hall–Kier alpha value is -1.46. The molecule has 0 amide bonds. The number of halogens is 1. The molecule has 0 fully saturated rings. The summed E-state index contributed by atoms with van der Waals surface area (Å²) in [6.07, 6.45) is -0.628. The molecule has 0 saturated heterocycles. The Labute approximate surface area is 98.9 Å². The van der Waals surface area contributed by atoms with Crippen LogP contribution < -0.4 is 5.73 Å². The molecular formula is C12H16FNO3. The normalized spacial score (nSPS) is 14.4. The van der Waals surface area contributed by atoms with E-state index in [-0.39, 0.29) is 18.6 Å². The van der Waals surface area contributed by atoms with E-state index >= 15 is 0 Å². The monoisotopic (exact) mass is 241 g/mol. The minimum atomic E-state index is -0.834. The smallest absolute Gasteiger partial charge is 0.165 e. The van der Waals surface area contributed by atoms with Crippen molar-refractivity contribution in [3.05, 3.63) is 29.6 Å². The zero-order chi connectivity index (χ0) is 13.0. The lowest BCUT2D eigenvalue weighted by atomic mass is 9.99.